The van der Waals surface area contributed by atoms with Crippen LogP contribution >= 0.6 is 11.6 Å². The van der Waals surface area contributed by atoms with Crippen molar-refractivity contribution in [2.24, 2.45) is 0 Å². The predicted octanol–water partition coefficient (Wildman–Crippen LogP) is 8.28. The standard InChI is InChI=1S/C23H19F3N6O4.C19H11ClF3N5O3.C5H10O/c24-23(25,26)35-17-3-1-16(2-4-17)21-28-22(36-30-21)18-5-6-20(33)32(29-18)14-15-7-8-27-19(13-15)31-9-11-34-12-10-31;20-15-9-11(7-8-24-15)10-28-16(29)6-5-14(26-28)18-25-17(27-31-18)12-1-3-13(4-2-12)30-19(21,22)23;1-2-4-6-5-3-1/h1-8,13H,9-12,14H2;1-9H,10H2;1-5H2. The first-order valence-electron chi connectivity index (χ1n) is 22.1. The maximum atomic E-state index is 12.5. The lowest BCUT2D eigenvalue weighted by atomic mass is 10.2. The second kappa shape index (κ2) is 23.5. The molecule has 6 aromatic heterocycles. The number of hydrogen-bond acceptors (Lipinski definition) is 17. The Kier molecular flexibility index (Phi) is 16.5. The van der Waals surface area contributed by atoms with Crippen LogP contribution in [-0.4, -0.2) is 102 Å². The molecule has 0 amide bonds. The number of aromatic nitrogens is 10. The van der Waals surface area contributed by atoms with E-state index < -0.39 is 12.7 Å². The van der Waals surface area contributed by atoms with E-state index in [4.69, 9.17) is 30.1 Å². The minimum absolute atomic E-state index is 0.0344. The Morgan fingerprint density at radius 1 is 0.562 bits per heavy atom. The van der Waals surface area contributed by atoms with Gasteiger partial charge in [0.25, 0.3) is 22.9 Å². The fourth-order valence-corrected chi connectivity index (χ4v) is 7.15. The number of nitrogens with zero attached hydrogens (tertiary/aromatic N) is 11. The van der Waals surface area contributed by atoms with E-state index in [1.807, 2.05) is 12.1 Å². The summed E-state index contributed by atoms with van der Waals surface area (Å²) in [5.41, 5.74) is 2.23. The molecule has 2 aliphatic rings. The van der Waals surface area contributed by atoms with Crippen LogP contribution < -0.4 is 25.5 Å². The van der Waals surface area contributed by atoms with Gasteiger partial charge in [-0.25, -0.2) is 19.3 Å². The smallest absolute Gasteiger partial charge is 0.406 e. The van der Waals surface area contributed by atoms with Crippen molar-refractivity contribution < 1.29 is 54.3 Å². The molecular formula is C47H40ClF6N11O8. The summed E-state index contributed by atoms with van der Waals surface area (Å²) in [5.74, 6) is 0.432. The van der Waals surface area contributed by atoms with E-state index in [1.165, 1.54) is 83.4 Å². The monoisotopic (exact) mass is 1040 g/mol. The lowest BCUT2D eigenvalue weighted by molar-refractivity contribution is -0.275. The highest BCUT2D eigenvalue weighted by molar-refractivity contribution is 6.29. The van der Waals surface area contributed by atoms with E-state index in [1.54, 1.807) is 18.3 Å². The van der Waals surface area contributed by atoms with E-state index in [-0.39, 0.29) is 75.7 Å². The van der Waals surface area contributed by atoms with Gasteiger partial charge in [-0.2, -0.15) is 20.2 Å². The van der Waals surface area contributed by atoms with Gasteiger partial charge in [-0.3, -0.25) is 9.59 Å². The Hall–Kier alpha value is -8.03. The molecule has 8 heterocycles. The van der Waals surface area contributed by atoms with Crippen LogP contribution in [0.5, 0.6) is 11.5 Å². The first-order chi connectivity index (χ1) is 35.1. The summed E-state index contributed by atoms with van der Waals surface area (Å²) < 4.78 is 105. The number of ether oxygens (including phenoxy) is 4. The fourth-order valence-electron chi connectivity index (χ4n) is 6.95. The second-order valence-electron chi connectivity index (χ2n) is 15.7. The summed E-state index contributed by atoms with van der Waals surface area (Å²) in [6.45, 7) is 5.09. The van der Waals surface area contributed by atoms with E-state index in [9.17, 15) is 35.9 Å². The van der Waals surface area contributed by atoms with Crippen molar-refractivity contribution in [3.8, 4) is 57.4 Å². The SMILES string of the molecule is C1CCOCC1.O=c1ccc(-c2nc(-c3ccc(OC(F)(F)F)cc3)no2)nn1Cc1ccnc(Cl)c1.O=c1ccc(-c2nc(-c3ccc(OC(F)(F)F)cc3)no2)nn1Cc1ccnc(N2CCOCC2)c1. The number of rotatable bonds is 11. The molecule has 2 saturated heterocycles. The van der Waals surface area contributed by atoms with Crippen LogP contribution in [0, 0.1) is 0 Å². The third-order valence-electron chi connectivity index (χ3n) is 10.4. The first-order valence-corrected chi connectivity index (χ1v) is 22.5. The quantitative estimate of drug-likeness (QED) is 0.0880. The lowest BCUT2D eigenvalue weighted by Gasteiger charge is -2.28. The molecule has 10 rings (SSSR count). The van der Waals surface area contributed by atoms with E-state index >= 15 is 0 Å². The van der Waals surface area contributed by atoms with Gasteiger partial charge in [0.05, 0.1) is 26.3 Å². The topological polar surface area (TPSA) is 214 Å². The third-order valence-corrected chi connectivity index (χ3v) is 10.6. The Bertz CT molecular complexity index is 3180. The molecule has 380 valence electrons. The summed E-state index contributed by atoms with van der Waals surface area (Å²) in [6, 6.07) is 22.6. The van der Waals surface area contributed by atoms with Gasteiger partial charge < -0.3 is 32.9 Å². The molecule has 2 aliphatic heterocycles. The fraction of sp³-hybridized carbons (Fsp3) is 0.277. The van der Waals surface area contributed by atoms with E-state index in [2.05, 4.69) is 54.8 Å². The molecule has 73 heavy (non-hydrogen) atoms. The van der Waals surface area contributed by atoms with Gasteiger partial charge in [0.15, 0.2) is 0 Å². The molecule has 0 saturated carbocycles. The van der Waals surface area contributed by atoms with Crippen molar-refractivity contribution in [3.63, 3.8) is 0 Å². The third kappa shape index (κ3) is 15.0. The number of benzene rings is 2. The molecule has 19 nitrogen and oxygen atoms in total. The molecule has 2 aromatic carbocycles. The molecule has 0 unspecified atom stereocenters. The zero-order valence-corrected chi connectivity index (χ0v) is 38.8. The molecule has 0 aliphatic carbocycles. The molecule has 0 N–H and O–H groups in total. The Labute approximate surface area is 413 Å². The minimum atomic E-state index is -4.78. The Balaban J connectivity index is 0.000000176. The number of morpholine rings is 1. The van der Waals surface area contributed by atoms with Crippen molar-refractivity contribution in [1.29, 1.82) is 0 Å². The summed E-state index contributed by atoms with van der Waals surface area (Å²) in [6.07, 6.45) is -2.43. The van der Waals surface area contributed by atoms with Crippen LogP contribution in [0.2, 0.25) is 5.15 Å². The van der Waals surface area contributed by atoms with Crippen LogP contribution in [0.25, 0.3) is 45.9 Å². The van der Waals surface area contributed by atoms with Gasteiger partial charge in [0.2, 0.25) is 11.6 Å². The number of anilines is 1. The molecule has 0 spiro atoms. The summed E-state index contributed by atoms with van der Waals surface area (Å²) in [5, 5.41) is 16.5. The highest BCUT2D eigenvalue weighted by Gasteiger charge is 2.32. The number of halogens is 7. The zero-order chi connectivity index (χ0) is 51.4. The highest BCUT2D eigenvalue weighted by Crippen LogP contribution is 2.28. The van der Waals surface area contributed by atoms with Crippen molar-refractivity contribution >= 4 is 17.4 Å². The molecule has 0 atom stereocenters. The molecule has 8 aromatic rings. The first kappa shape index (κ1) is 51.3. The Morgan fingerprint density at radius 2 is 1.03 bits per heavy atom. The summed E-state index contributed by atoms with van der Waals surface area (Å²) in [7, 11) is 0. The number of hydrogen-bond donors (Lipinski definition) is 0. The zero-order valence-electron chi connectivity index (χ0n) is 38.0. The number of pyridine rings is 2. The van der Waals surface area contributed by atoms with Crippen LogP contribution in [0.1, 0.15) is 30.4 Å². The average molecular weight is 1040 g/mol. The lowest BCUT2D eigenvalue weighted by Crippen LogP contribution is -2.36. The van der Waals surface area contributed by atoms with Crippen molar-refractivity contribution in [2.75, 3.05) is 44.4 Å². The van der Waals surface area contributed by atoms with E-state index in [0.717, 1.165) is 67.5 Å². The van der Waals surface area contributed by atoms with Crippen LogP contribution in [-0.2, 0) is 22.6 Å². The van der Waals surface area contributed by atoms with Gasteiger partial charge in [-0.1, -0.05) is 21.9 Å². The maximum absolute atomic E-state index is 12.5. The minimum Gasteiger partial charge on any atom is -0.406 e. The molecule has 0 radical (unpaired) electrons. The van der Waals surface area contributed by atoms with Crippen molar-refractivity contribution in [2.45, 2.75) is 45.1 Å². The van der Waals surface area contributed by atoms with Gasteiger partial charge in [0.1, 0.15) is 33.9 Å². The normalized spacial score (nSPS) is 13.8. The highest BCUT2D eigenvalue weighted by atomic mass is 35.5. The average Bonchev–Trinajstić information content (AvgIpc) is 4.08. The summed E-state index contributed by atoms with van der Waals surface area (Å²) >= 11 is 5.86. The van der Waals surface area contributed by atoms with Gasteiger partial charge >= 0.3 is 12.7 Å². The van der Waals surface area contributed by atoms with E-state index in [0.29, 0.717) is 24.3 Å². The Morgan fingerprint density at radius 3 is 1.47 bits per heavy atom. The van der Waals surface area contributed by atoms with Crippen molar-refractivity contribution in [3.05, 3.63) is 146 Å². The van der Waals surface area contributed by atoms with Crippen LogP contribution in [0.15, 0.2) is 128 Å². The summed E-state index contributed by atoms with van der Waals surface area (Å²) in [4.78, 5) is 43.5. The predicted molar refractivity (Wildman–Crippen MR) is 247 cm³/mol. The molecule has 2 fully saturated rings. The molecule has 26 heteroatoms. The molecule has 0 bridgehead atoms. The van der Waals surface area contributed by atoms with Gasteiger partial charge in [0, 0.05) is 62.0 Å². The van der Waals surface area contributed by atoms with Crippen LogP contribution in [0.3, 0.4) is 0 Å². The molecular weight excluding hydrogens is 996 g/mol. The van der Waals surface area contributed by atoms with Crippen LogP contribution in [0.4, 0.5) is 32.2 Å². The van der Waals surface area contributed by atoms with Gasteiger partial charge in [-0.05, 0) is 115 Å². The largest absolute Gasteiger partial charge is 0.573 e. The van der Waals surface area contributed by atoms with Crippen molar-refractivity contribution in [1.82, 2.24) is 49.8 Å². The second-order valence-corrected chi connectivity index (χ2v) is 16.1. The van der Waals surface area contributed by atoms with Gasteiger partial charge in [-0.15, -0.1) is 26.3 Å². The maximum Gasteiger partial charge on any atom is 0.573 e. The number of alkyl halides is 6.